The van der Waals surface area contributed by atoms with Gasteiger partial charge in [-0.2, -0.15) is 0 Å². The molecular formula is C24H21N5O3S. The zero-order chi connectivity index (χ0) is 22.9. The summed E-state index contributed by atoms with van der Waals surface area (Å²) in [6, 6.07) is 19.5. The molecule has 1 aliphatic carbocycles. The Hall–Kier alpha value is -3.85. The topological polar surface area (TPSA) is 116 Å². The van der Waals surface area contributed by atoms with Crippen molar-refractivity contribution in [3.63, 3.8) is 0 Å². The summed E-state index contributed by atoms with van der Waals surface area (Å²) in [6.07, 6.45) is 3.37. The Bertz CT molecular complexity index is 1440. The molecule has 3 N–H and O–H groups in total. The number of ketones is 1. The number of nitrogens with one attached hydrogen (secondary N) is 1. The fourth-order valence-corrected chi connectivity index (χ4v) is 4.67. The van der Waals surface area contributed by atoms with E-state index in [0.717, 1.165) is 29.8 Å². The molecule has 166 valence electrons. The number of aromatic amines is 1. The van der Waals surface area contributed by atoms with Gasteiger partial charge < -0.3 is 5.73 Å². The minimum absolute atomic E-state index is 0.0474. The van der Waals surface area contributed by atoms with E-state index in [1.54, 1.807) is 6.20 Å². The van der Waals surface area contributed by atoms with E-state index >= 15 is 0 Å². The fraction of sp³-hybridized carbons (Fsp3) is 0.167. The number of anilines is 1. The van der Waals surface area contributed by atoms with Gasteiger partial charge in [0.2, 0.25) is 0 Å². The van der Waals surface area contributed by atoms with Crippen LogP contribution in [0, 0.1) is 0 Å². The summed E-state index contributed by atoms with van der Waals surface area (Å²) in [4.78, 5) is 44.3. The van der Waals surface area contributed by atoms with Gasteiger partial charge in [-0.05, 0) is 25.0 Å². The zero-order valence-corrected chi connectivity index (χ0v) is 18.4. The van der Waals surface area contributed by atoms with Crippen LogP contribution in [0.5, 0.6) is 0 Å². The predicted molar refractivity (Wildman–Crippen MR) is 128 cm³/mol. The van der Waals surface area contributed by atoms with Gasteiger partial charge >= 0.3 is 5.69 Å². The Labute approximate surface area is 193 Å². The summed E-state index contributed by atoms with van der Waals surface area (Å²) >= 11 is 1.22. The Morgan fingerprint density at radius 1 is 1.06 bits per heavy atom. The van der Waals surface area contributed by atoms with Gasteiger partial charge in [-0.15, -0.1) is 0 Å². The third-order valence-corrected chi connectivity index (χ3v) is 6.47. The van der Waals surface area contributed by atoms with Crippen LogP contribution in [-0.2, 0) is 0 Å². The van der Waals surface area contributed by atoms with Crippen LogP contribution < -0.4 is 17.0 Å². The van der Waals surface area contributed by atoms with Crippen molar-refractivity contribution < 1.29 is 4.79 Å². The number of nitrogens with zero attached hydrogens (tertiary/aromatic N) is 3. The molecule has 0 spiro atoms. The molecule has 0 aliphatic heterocycles. The second-order valence-corrected chi connectivity index (χ2v) is 8.74. The average molecular weight is 460 g/mol. The number of thioether (sulfide) groups is 1. The minimum atomic E-state index is -0.753. The number of para-hydroxylation sites is 1. The zero-order valence-electron chi connectivity index (χ0n) is 17.6. The minimum Gasteiger partial charge on any atom is -0.384 e. The van der Waals surface area contributed by atoms with Crippen LogP contribution in [0.3, 0.4) is 0 Å². The number of hydrogen-bond acceptors (Lipinski definition) is 6. The highest BCUT2D eigenvalue weighted by molar-refractivity contribution is 7.99. The molecule has 33 heavy (non-hydrogen) atoms. The number of rotatable bonds is 7. The molecule has 2 aromatic carbocycles. The van der Waals surface area contributed by atoms with Crippen molar-refractivity contribution in [2.45, 2.75) is 24.0 Å². The van der Waals surface area contributed by atoms with Crippen molar-refractivity contribution in [2.75, 3.05) is 11.5 Å². The van der Waals surface area contributed by atoms with Crippen molar-refractivity contribution in [1.29, 1.82) is 0 Å². The maximum absolute atomic E-state index is 13.0. The van der Waals surface area contributed by atoms with E-state index in [-0.39, 0.29) is 23.2 Å². The molecule has 4 aromatic rings. The molecule has 0 bridgehead atoms. The first-order valence-corrected chi connectivity index (χ1v) is 11.5. The van der Waals surface area contributed by atoms with Crippen LogP contribution in [0.25, 0.3) is 16.9 Å². The third-order valence-electron chi connectivity index (χ3n) is 5.52. The SMILES string of the molecule is Nc1c(C(=O)CSc2ncc(-c3ccccc3)n2-c2ccccc2)c(=O)[nH]c(=O)n1C1CC1. The van der Waals surface area contributed by atoms with Gasteiger partial charge in [-0.1, -0.05) is 60.3 Å². The number of nitrogens with two attached hydrogens (primary N) is 1. The fourth-order valence-electron chi connectivity index (χ4n) is 3.81. The van der Waals surface area contributed by atoms with E-state index in [2.05, 4.69) is 9.97 Å². The van der Waals surface area contributed by atoms with Gasteiger partial charge in [0, 0.05) is 17.3 Å². The van der Waals surface area contributed by atoms with Crippen LogP contribution in [0.15, 0.2) is 81.6 Å². The smallest absolute Gasteiger partial charge is 0.330 e. The second kappa shape index (κ2) is 8.59. The van der Waals surface area contributed by atoms with Crippen LogP contribution in [0.1, 0.15) is 29.2 Å². The van der Waals surface area contributed by atoms with Gasteiger partial charge in [0.25, 0.3) is 5.56 Å². The van der Waals surface area contributed by atoms with E-state index in [1.165, 1.54) is 16.3 Å². The molecule has 0 saturated heterocycles. The molecule has 0 amide bonds. The summed E-state index contributed by atoms with van der Waals surface area (Å²) in [5, 5.41) is 0.610. The molecule has 0 radical (unpaired) electrons. The van der Waals surface area contributed by atoms with Crippen molar-refractivity contribution >= 4 is 23.4 Å². The first-order valence-electron chi connectivity index (χ1n) is 10.5. The molecule has 8 nitrogen and oxygen atoms in total. The summed E-state index contributed by atoms with van der Waals surface area (Å²) in [6.45, 7) is 0. The maximum Gasteiger partial charge on any atom is 0.330 e. The van der Waals surface area contributed by atoms with Gasteiger partial charge in [0.1, 0.15) is 11.4 Å². The maximum atomic E-state index is 13.0. The molecule has 5 rings (SSSR count). The van der Waals surface area contributed by atoms with Crippen molar-refractivity contribution in [2.24, 2.45) is 0 Å². The Morgan fingerprint density at radius 3 is 2.39 bits per heavy atom. The lowest BCUT2D eigenvalue weighted by molar-refractivity contribution is 0.102. The lowest BCUT2D eigenvalue weighted by atomic mass is 10.1. The van der Waals surface area contributed by atoms with Crippen molar-refractivity contribution in [3.8, 4) is 16.9 Å². The Morgan fingerprint density at radius 2 is 1.73 bits per heavy atom. The lowest BCUT2D eigenvalue weighted by Gasteiger charge is -2.13. The first-order chi connectivity index (χ1) is 16.0. The van der Waals surface area contributed by atoms with Crippen LogP contribution in [0.2, 0.25) is 0 Å². The molecule has 2 aromatic heterocycles. The standard InChI is InChI=1S/C24H21N5O3S/c25-21-20(22(31)27-23(32)29(21)17-11-12-17)19(30)14-33-24-26-13-18(15-7-3-1-4-8-15)28(24)16-9-5-2-6-10-16/h1-10,13,17H,11-12,14,25H2,(H,27,31,32). The van der Waals surface area contributed by atoms with Gasteiger partial charge in [-0.25, -0.2) is 9.78 Å². The molecule has 0 atom stereocenters. The largest absolute Gasteiger partial charge is 0.384 e. The van der Waals surface area contributed by atoms with E-state index in [0.29, 0.717) is 5.16 Å². The van der Waals surface area contributed by atoms with Gasteiger partial charge in [0.15, 0.2) is 10.9 Å². The Kier molecular flexibility index (Phi) is 5.47. The normalized spacial score (nSPS) is 13.2. The summed E-state index contributed by atoms with van der Waals surface area (Å²) in [7, 11) is 0. The number of benzene rings is 2. The highest BCUT2D eigenvalue weighted by Crippen LogP contribution is 2.35. The van der Waals surface area contributed by atoms with Crippen molar-refractivity contribution in [3.05, 3.63) is 93.3 Å². The second-order valence-electron chi connectivity index (χ2n) is 7.80. The molecule has 1 fully saturated rings. The lowest BCUT2D eigenvalue weighted by Crippen LogP contribution is -2.36. The summed E-state index contributed by atoms with van der Waals surface area (Å²) in [5.41, 5.74) is 7.37. The predicted octanol–water partition coefficient (Wildman–Crippen LogP) is 3.28. The van der Waals surface area contributed by atoms with Crippen molar-refractivity contribution in [1.82, 2.24) is 19.1 Å². The number of Topliss-reactive ketones (excluding diaryl/α,β-unsaturated/α-hetero) is 1. The number of aromatic nitrogens is 4. The highest BCUT2D eigenvalue weighted by Gasteiger charge is 2.30. The Balaban J connectivity index is 1.48. The van der Waals surface area contributed by atoms with Crippen LogP contribution in [0.4, 0.5) is 5.82 Å². The van der Waals surface area contributed by atoms with Gasteiger partial charge in [0.05, 0.1) is 17.6 Å². The van der Waals surface area contributed by atoms with E-state index < -0.39 is 17.0 Å². The summed E-state index contributed by atoms with van der Waals surface area (Å²) < 4.78 is 3.30. The number of carbonyl (C=O) groups is 1. The number of nitrogen functional groups attached to an aromatic ring is 1. The number of hydrogen-bond donors (Lipinski definition) is 2. The molecule has 1 saturated carbocycles. The number of H-pyrrole nitrogens is 1. The van der Waals surface area contributed by atoms with E-state index in [1.807, 2.05) is 65.2 Å². The number of carbonyl (C=O) groups excluding carboxylic acids is 1. The van der Waals surface area contributed by atoms with E-state index in [9.17, 15) is 14.4 Å². The van der Waals surface area contributed by atoms with Crippen LogP contribution >= 0.6 is 11.8 Å². The monoisotopic (exact) mass is 459 g/mol. The molecule has 2 heterocycles. The summed E-state index contributed by atoms with van der Waals surface area (Å²) in [5.74, 6) is -0.556. The molecule has 1 aliphatic rings. The highest BCUT2D eigenvalue weighted by atomic mass is 32.2. The quantitative estimate of drug-likeness (QED) is 0.324. The third kappa shape index (κ3) is 4.03. The van der Waals surface area contributed by atoms with Crippen LogP contribution in [-0.4, -0.2) is 30.6 Å². The average Bonchev–Trinajstić information content (AvgIpc) is 3.56. The van der Waals surface area contributed by atoms with E-state index in [4.69, 9.17) is 5.73 Å². The molecule has 0 unspecified atom stereocenters. The molecular weight excluding hydrogens is 438 g/mol. The number of imidazole rings is 1. The van der Waals surface area contributed by atoms with Gasteiger partial charge in [-0.3, -0.25) is 23.7 Å². The first kappa shape index (κ1) is 21.0. The molecule has 9 heteroatoms.